The molecule has 0 bridgehead atoms. The summed E-state index contributed by atoms with van der Waals surface area (Å²) in [6.45, 7) is 2.69. The van der Waals surface area contributed by atoms with Gasteiger partial charge in [-0.15, -0.1) is 0 Å². The van der Waals surface area contributed by atoms with Gasteiger partial charge in [-0.3, -0.25) is 9.89 Å². The lowest BCUT2D eigenvalue weighted by atomic mass is 10.1. The minimum absolute atomic E-state index is 0.00141. The maximum Gasteiger partial charge on any atom is 0.269 e. The van der Waals surface area contributed by atoms with E-state index in [1.165, 1.54) is 12.1 Å². The molecule has 7 heteroatoms. The first-order chi connectivity index (χ1) is 13.6. The molecule has 0 saturated carbocycles. The number of nitrogens with one attached hydrogen (secondary N) is 2. The van der Waals surface area contributed by atoms with E-state index in [4.69, 9.17) is 4.74 Å². The summed E-state index contributed by atoms with van der Waals surface area (Å²) in [6.07, 6.45) is 1.98. The van der Waals surface area contributed by atoms with Crippen molar-refractivity contribution >= 4 is 5.91 Å². The van der Waals surface area contributed by atoms with Crippen molar-refractivity contribution in [3.63, 3.8) is 0 Å². The molecule has 3 aromatic rings. The largest absolute Gasteiger partial charge is 0.493 e. The van der Waals surface area contributed by atoms with Crippen molar-refractivity contribution in [3.8, 4) is 17.0 Å². The summed E-state index contributed by atoms with van der Waals surface area (Å²) in [6, 6.07) is 12.2. The Balaban J connectivity index is 1.69. The Bertz CT molecular complexity index is 936. The van der Waals surface area contributed by atoms with Crippen molar-refractivity contribution in [2.75, 3.05) is 6.61 Å². The number of aromatic nitrogens is 2. The lowest BCUT2D eigenvalue weighted by Gasteiger charge is -2.09. The molecule has 2 aromatic carbocycles. The highest BCUT2D eigenvalue weighted by Crippen LogP contribution is 2.29. The molecule has 0 radical (unpaired) electrons. The fourth-order valence-electron chi connectivity index (χ4n) is 2.70. The standard InChI is InChI=1S/C21H21F2N3O2/c1-2-3-8-28-20-7-5-4-6-17(20)18-12-19(26-25-18)21(27)24-13-14-9-15(22)11-16(23)10-14/h4-7,9-12H,2-3,8,13H2,1H3,(H,24,27)(H,25,26). The number of rotatable bonds is 8. The van der Waals surface area contributed by atoms with Crippen LogP contribution in [0.4, 0.5) is 8.78 Å². The molecule has 1 heterocycles. The average molecular weight is 385 g/mol. The average Bonchev–Trinajstić information content (AvgIpc) is 3.16. The number of H-pyrrole nitrogens is 1. The first-order valence-electron chi connectivity index (χ1n) is 9.07. The first kappa shape index (κ1) is 19.5. The van der Waals surface area contributed by atoms with E-state index >= 15 is 0 Å². The third kappa shape index (κ3) is 4.94. The zero-order chi connectivity index (χ0) is 19.9. The van der Waals surface area contributed by atoms with E-state index in [9.17, 15) is 13.6 Å². The highest BCUT2D eigenvalue weighted by molar-refractivity contribution is 5.93. The van der Waals surface area contributed by atoms with Gasteiger partial charge in [0.2, 0.25) is 0 Å². The van der Waals surface area contributed by atoms with E-state index in [2.05, 4.69) is 22.4 Å². The Kier molecular flexibility index (Phi) is 6.37. The molecule has 0 spiro atoms. The van der Waals surface area contributed by atoms with Gasteiger partial charge in [-0.2, -0.15) is 5.10 Å². The molecule has 146 valence electrons. The molecule has 0 aliphatic rings. The number of ether oxygens (including phenoxy) is 1. The fourth-order valence-corrected chi connectivity index (χ4v) is 2.70. The fraction of sp³-hybridized carbons (Fsp3) is 0.238. The van der Waals surface area contributed by atoms with Crippen LogP contribution in [0.25, 0.3) is 11.3 Å². The summed E-state index contributed by atoms with van der Waals surface area (Å²) < 4.78 is 32.3. The van der Waals surface area contributed by atoms with Crippen LogP contribution in [-0.2, 0) is 6.54 Å². The molecule has 2 N–H and O–H groups in total. The Morgan fingerprint density at radius 2 is 1.89 bits per heavy atom. The molecule has 0 atom stereocenters. The molecule has 1 aromatic heterocycles. The van der Waals surface area contributed by atoms with Gasteiger partial charge < -0.3 is 10.1 Å². The van der Waals surface area contributed by atoms with Gasteiger partial charge in [0.05, 0.1) is 12.3 Å². The van der Waals surface area contributed by atoms with Crippen molar-refractivity contribution in [2.45, 2.75) is 26.3 Å². The Morgan fingerprint density at radius 3 is 2.64 bits per heavy atom. The number of carbonyl (C=O) groups is 1. The summed E-state index contributed by atoms with van der Waals surface area (Å²) >= 11 is 0. The summed E-state index contributed by atoms with van der Waals surface area (Å²) in [7, 11) is 0. The second-order valence-electron chi connectivity index (χ2n) is 6.33. The number of unbranched alkanes of at least 4 members (excludes halogenated alkanes) is 1. The summed E-state index contributed by atoms with van der Waals surface area (Å²) in [4.78, 5) is 12.3. The zero-order valence-corrected chi connectivity index (χ0v) is 15.5. The van der Waals surface area contributed by atoms with Crippen molar-refractivity contribution in [1.82, 2.24) is 15.5 Å². The van der Waals surface area contributed by atoms with Crippen LogP contribution in [-0.4, -0.2) is 22.7 Å². The van der Waals surface area contributed by atoms with Gasteiger partial charge in [0, 0.05) is 18.2 Å². The van der Waals surface area contributed by atoms with Gasteiger partial charge in [-0.1, -0.05) is 25.5 Å². The van der Waals surface area contributed by atoms with Gasteiger partial charge >= 0.3 is 0 Å². The van der Waals surface area contributed by atoms with E-state index in [1.54, 1.807) is 6.07 Å². The number of nitrogens with zero attached hydrogens (tertiary/aromatic N) is 1. The topological polar surface area (TPSA) is 67.0 Å². The van der Waals surface area contributed by atoms with E-state index in [0.717, 1.165) is 24.5 Å². The van der Waals surface area contributed by atoms with Crippen molar-refractivity contribution in [2.24, 2.45) is 0 Å². The minimum atomic E-state index is -0.687. The molecular weight excluding hydrogens is 364 g/mol. The monoisotopic (exact) mass is 385 g/mol. The minimum Gasteiger partial charge on any atom is -0.493 e. The maximum absolute atomic E-state index is 13.2. The zero-order valence-electron chi connectivity index (χ0n) is 15.5. The van der Waals surface area contributed by atoms with Crippen molar-refractivity contribution < 1.29 is 18.3 Å². The van der Waals surface area contributed by atoms with Crippen LogP contribution in [0.15, 0.2) is 48.5 Å². The smallest absolute Gasteiger partial charge is 0.269 e. The molecule has 1 amide bonds. The van der Waals surface area contributed by atoms with Gasteiger partial charge in [0.1, 0.15) is 23.1 Å². The van der Waals surface area contributed by atoms with Crippen LogP contribution in [0.1, 0.15) is 35.8 Å². The van der Waals surface area contributed by atoms with E-state index in [1.807, 2.05) is 24.3 Å². The Hall–Kier alpha value is -3.22. The van der Waals surface area contributed by atoms with E-state index < -0.39 is 17.5 Å². The van der Waals surface area contributed by atoms with Crippen molar-refractivity contribution in [3.05, 3.63) is 71.4 Å². The van der Waals surface area contributed by atoms with Crippen LogP contribution < -0.4 is 10.1 Å². The number of carbonyl (C=O) groups excluding carboxylic acids is 1. The SMILES string of the molecule is CCCCOc1ccccc1-c1cc(C(=O)NCc2cc(F)cc(F)c2)[nH]n1. The van der Waals surface area contributed by atoms with E-state index in [0.29, 0.717) is 23.6 Å². The molecule has 0 unspecified atom stereocenters. The Morgan fingerprint density at radius 1 is 1.14 bits per heavy atom. The predicted octanol–water partition coefficient (Wildman–Crippen LogP) is 4.46. The van der Waals surface area contributed by atoms with Crippen LogP contribution in [0.2, 0.25) is 0 Å². The third-order valence-electron chi connectivity index (χ3n) is 4.12. The van der Waals surface area contributed by atoms with Crippen LogP contribution in [0.5, 0.6) is 5.75 Å². The van der Waals surface area contributed by atoms with E-state index in [-0.39, 0.29) is 12.2 Å². The molecule has 0 fully saturated rings. The number of hydrogen-bond acceptors (Lipinski definition) is 3. The first-order valence-corrected chi connectivity index (χ1v) is 9.07. The van der Waals surface area contributed by atoms with Crippen LogP contribution in [0, 0.1) is 11.6 Å². The van der Waals surface area contributed by atoms with Crippen LogP contribution >= 0.6 is 0 Å². The summed E-state index contributed by atoms with van der Waals surface area (Å²) in [5, 5.41) is 9.50. The van der Waals surface area contributed by atoms with Crippen LogP contribution in [0.3, 0.4) is 0 Å². The molecule has 0 saturated heterocycles. The number of halogens is 2. The van der Waals surface area contributed by atoms with Crippen molar-refractivity contribution in [1.29, 1.82) is 0 Å². The second kappa shape index (κ2) is 9.12. The normalized spacial score (nSPS) is 10.7. The second-order valence-corrected chi connectivity index (χ2v) is 6.33. The predicted molar refractivity (Wildman–Crippen MR) is 102 cm³/mol. The third-order valence-corrected chi connectivity index (χ3v) is 4.12. The molecular formula is C21H21F2N3O2. The number of benzene rings is 2. The van der Waals surface area contributed by atoms with Gasteiger partial charge in [-0.05, 0) is 42.3 Å². The van der Waals surface area contributed by atoms with Gasteiger partial charge in [-0.25, -0.2) is 8.78 Å². The molecule has 28 heavy (non-hydrogen) atoms. The maximum atomic E-state index is 13.2. The molecule has 0 aliphatic heterocycles. The summed E-state index contributed by atoms with van der Waals surface area (Å²) in [5.74, 6) is -1.10. The lowest BCUT2D eigenvalue weighted by Crippen LogP contribution is -2.23. The highest BCUT2D eigenvalue weighted by Gasteiger charge is 2.14. The molecule has 5 nitrogen and oxygen atoms in total. The number of hydrogen-bond donors (Lipinski definition) is 2. The number of aromatic amines is 1. The van der Waals surface area contributed by atoms with Gasteiger partial charge in [0.15, 0.2) is 0 Å². The quantitative estimate of drug-likeness (QED) is 0.563. The lowest BCUT2D eigenvalue weighted by molar-refractivity contribution is 0.0945. The Labute approximate surface area is 161 Å². The summed E-state index contributed by atoms with van der Waals surface area (Å²) in [5.41, 5.74) is 1.94. The number of para-hydroxylation sites is 1. The molecule has 0 aliphatic carbocycles. The molecule has 3 rings (SSSR count). The van der Waals surface area contributed by atoms with Gasteiger partial charge in [0.25, 0.3) is 5.91 Å². The highest BCUT2D eigenvalue weighted by atomic mass is 19.1. The number of amides is 1.